The van der Waals surface area contributed by atoms with Crippen LogP contribution in [0.1, 0.15) is 13.3 Å². The fourth-order valence-corrected chi connectivity index (χ4v) is 1.83. The van der Waals surface area contributed by atoms with Crippen molar-refractivity contribution in [1.29, 1.82) is 0 Å². The monoisotopic (exact) mass is 212 g/mol. The van der Waals surface area contributed by atoms with Crippen LogP contribution in [-0.2, 0) is 0 Å². The molecule has 1 N–H and O–H groups in total. The molecule has 0 aromatic heterocycles. The van der Waals surface area contributed by atoms with Crippen molar-refractivity contribution in [1.82, 2.24) is 5.32 Å². The summed E-state index contributed by atoms with van der Waals surface area (Å²) in [6.07, 6.45) is -4.94. The molecule has 1 aliphatic heterocycles. The van der Waals surface area contributed by atoms with Crippen LogP contribution in [0.15, 0.2) is 4.99 Å². The van der Waals surface area contributed by atoms with Crippen molar-refractivity contribution < 1.29 is 13.2 Å². The van der Waals surface area contributed by atoms with Crippen LogP contribution in [0.2, 0.25) is 0 Å². The van der Waals surface area contributed by atoms with Crippen LogP contribution in [0, 0.1) is 0 Å². The third-order valence-corrected chi connectivity index (χ3v) is 2.68. The van der Waals surface area contributed by atoms with E-state index in [1.807, 2.05) is 6.92 Å². The normalized spacial score (nSPS) is 26.5. The summed E-state index contributed by atoms with van der Waals surface area (Å²) < 4.78 is 35.1. The van der Waals surface area contributed by atoms with Crippen molar-refractivity contribution in [2.24, 2.45) is 4.99 Å². The second-order valence-corrected chi connectivity index (χ2v) is 3.92. The molecule has 1 heterocycles. The zero-order chi connectivity index (χ0) is 9.90. The van der Waals surface area contributed by atoms with Gasteiger partial charge in [-0.1, -0.05) is 11.8 Å². The Labute approximate surface area is 79.0 Å². The molecule has 13 heavy (non-hydrogen) atoms. The summed E-state index contributed by atoms with van der Waals surface area (Å²) in [6.45, 7) is 1.80. The minimum absolute atomic E-state index is 0.175. The van der Waals surface area contributed by atoms with Crippen LogP contribution in [0.4, 0.5) is 13.2 Å². The van der Waals surface area contributed by atoms with Gasteiger partial charge in [0.15, 0.2) is 5.17 Å². The first-order valence-electron chi connectivity index (χ1n) is 3.98. The van der Waals surface area contributed by atoms with Gasteiger partial charge in [-0.15, -0.1) is 0 Å². The molecule has 1 atom stereocenters. The minimum atomic E-state index is -4.10. The molecule has 76 valence electrons. The smallest absolute Gasteiger partial charge is 0.362 e. The molecule has 0 spiro atoms. The van der Waals surface area contributed by atoms with Gasteiger partial charge in [0, 0.05) is 11.8 Å². The predicted molar refractivity (Wildman–Crippen MR) is 48.0 cm³/mol. The summed E-state index contributed by atoms with van der Waals surface area (Å²) in [5, 5.41) is 3.62. The number of amidine groups is 1. The van der Waals surface area contributed by atoms with E-state index in [-0.39, 0.29) is 6.54 Å². The van der Waals surface area contributed by atoms with Gasteiger partial charge in [-0.2, -0.15) is 13.2 Å². The fourth-order valence-electron chi connectivity index (χ4n) is 0.874. The zero-order valence-corrected chi connectivity index (χ0v) is 8.00. The molecule has 2 nitrogen and oxygen atoms in total. The standard InChI is InChI=1S/C7H11F3N2S/c1-5-4-13-6(12-5)11-3-2-7(8,9)10/h5H,2-4H2,1H3,(H,11,12). The number of hydrogen-bond donors (Lipinski definition) is 1. The number of nitrogens with one attached hydrogen (secondary N) is 1. The van der Waals surface area contributed by atoms with Gasteiger partial charge in [0.2, 0.25) is 0 Å². The molecule has 0 radical (unpaired) electrons. The lowest BCUT2D eigenvalue weighted by molar-refractivity contribution is -0.132. The molecule has 6 heteroatoms. The maximum absolute atomic E-state index is 11.7. The van der Waals surface area contributed by atoms with Crippen LogP contribution < -0.4 is 5.32 Å². The lowest BCUT2D eigenvalue weighted by Crippen LogP contribution is -2.23. The summed E-state index contributed by atoms with van der Waals surface area (Å²) in [4.78, 5) is 3.81. The number of hydrogen-bond acceptors (Lipinski definition) is 2. The van der Waals surface area contributed by atoms with Gasteiger partial charge in [0.05, 0.1) is 13.0 Å². The quantitative estimate of drug-likeness (QED) is 0.757. The first-order chi connectivity index (χ1) is 5.97. The van der Waals surface area contributed by atoms with E-state index in [2.05, 4.69) is 10.3 Å². The molecule has 0 aliphatic carbocycles. The number of aliphatic imine (C=N–C) groups is 1. The third-order valence-electron chi connectivity index (χ3n) is 1.49. The van der Waals surface area contributed by atoms with Gasteiger partial charge in [-0.3, -0.25) is 4.99 Å². The van der Waals surface area contributed by atoms with Crippen LogP contribution in [0.25, 0.3) is 0 Å². The Morgan fingerprint density at radius 1 is 1.62 bits per heavy atom. The molecule has 1 unspecified atom stereocenters. The lowest BCUT2D eigenvalue weighted by atomic mass is 10.4. The van der Waals surface area contributed by atoms with Crippen molar-refractivity contribution in [3.63, 3.8) is 0 Å². The lowest BCUT2D eigenvalue weighted by Gasteiger charge is -2.03. The molecular weight excluding hydrogens is 201 g/mol. The maximum atomic E-state index is 11.7. The Morgan fingerprint density at radius 2 is 2.31 bits per heavy atom. The molecule has 0 saturated carbocycles. The first-order valence-corrected chi connectivity index (χ1v) is 4.96. The van der Waals surface area contributed by atoms with Crippen molar-refractivity contribution in [2.75, 3.05) is 12.3 Å². The molecule has 1 aliphatic rings. The maximum Gasteiger partial charge on any atom is 0.390 e. The van der Waals surface area contributed by atoms with E-state index in [1.165, 1.54) is 11.8 Å². The summed E-state index contributed by atoms with van der Waals surface area (Å²) >= 11 is 1.47. The van der Waals surface area contributed by atoms with Gasteiger partial charge in [-0.05, 0) is 6.92 Å². The Morgan fingerprint density at radius 3 is 2.77 bits per heavy atom. The highest BCUT2D eigenvalue weighted by molar-refractivity contribution is 8.14. The molecule has 0 amide bonds. The van der Waals surface area contributed by atoms with Crippen LogP contribution in [0.3, 0.4) is 0 Å². The van der Waals surface area contributed by atoms with Crippen LogP contribution >= 0.6 is 11.8 Å². The summed E-state index contributed by atoms with van der Waals surface area (Å²) in [5.41, 5.74) is 0. The second kappa shape index (κ2) is 4.21. The van der Waals surface area contributed by atoms with Crippen molar-refractivity contribution in [2.45, 2.75) is 25.6 Å². The van der Waals surface area contributed by atoms with E-state index in [4.69, 9.17) is 0 Å². The molecular formula is C7H11F3N2S. The Kier molecular flexibility index (Phi) is 3.47. The number of alkyl halides is 3. The largest absolute Gasteiger partial charge is 0.390 e. The summed E-state index contributed by atoms with van der Waals surface area (Å²) in [5.74, 6) is 0.880. The van der Waals surface area contributed by atoms with Crippen molar-refractivity contribution in [3.05, 3.63) is 0 Å². The van der Waals surface area contributed by atoms with Gasteiger partial charge in [-0.25, -0.2) is 0 Å². The molecule has 1 rings (SSSR count). The van der Waals surface area contributed by atoms with Gasteiger partial charge < -0.3 is 5.32 Å². The highest BCUT2D eigenvalue weighted by atomic mass is 32.2. The minimum Gasteiger partial charge on any atom is -0.362 e. The SMILES string of the molecule is CC1CSC(=NCCC(F)(F)F)N1. The predicted octanol–water partition coefficient (Wildman–Crippen LogP) is 2.02. The first kappa shape index (κ1) is 10.7. The Bertz CT molecular complexity index is 202. The van der Waals surface area contributed by atoms with Gasteiger partial charge in [0.1, 0.15) is 0 Å². The van der Waals surface area contributed by atoms with E-state index in [0.717, 1.165) is 5.75 Å². The molecule has 1 saturated heterocycles. The van der Waals surface area contributed by atoms with E-state index in [9.17, 15) is 13.2 Å². The van der Waals surface area contributed by atoms with E-state index in [0.29, 0.717) is 11.2 Å². The fraction of sp³-hybridized carbons (Fsp3) is 0.857. The van der Waals surface area contributed by atoms with E-state index in [1.54, 1.807) is 0 Å². The van der Waals surface area contributed by atoms with Crippen LogP contribution in [0.5, 0.6) is 0 Å². The average molecular weight is 212 g/mol. The summed E-state index contributed by atoms with van der Waals surface area (Å²) in [6, 6.07) is 0.314. The number of rotatable bonds is 2. The average Bonchev–Trinajstić information content (AvgIpc) is 2.33. The second-order valence-electron chi connectivity index (χ2n) is 2.91. The van der Waals surface area contributed by atoms with E-state index < -0.39 is 12.6 Å². The number of nitrogens with zero attached hydrogens (tertiary/aromatic N) is 1. The molecule has 0 aromatic rings. The third kappa shape index (κ3) is 4.40. The topological polar surface area (TPSA) is 24.4 Å². The summed E-state index contributed by atoms with van der Waals surface area (Å²) in [7, 11) is 0. The Balaban J connectivity index is 2.25. The van der Waals surface area contributed by atoms with Crippen LogP contribution in [-0.4, -0.2) is 29.7 Å². The van der Waals surface area contributed by atoms with E-state index >= 15 is 0 Å². The molecule has 0 bridgehead atoms. The highest BCUT2D eigenvalue weighted by Gasteiger charge is 2.26. The number of halogens is 3. The number of thioether (sulfide) groups is 1. The van der Waals surface area contributed by atoms with Crippen molar-refractivity contribution >= 4 is 16.9 Å². The molecule has 1 fully saturated rings. The molecule has 0 aromatic carbocycles. The van der Waals surface area contributed by atoms with Crippen molar-refractivity contribution in [3.8, 4) is 0 Å². The highest BCUT2D eigenvalue weighted by Crippen LogP contribution is 2.20. The Hall–Kier alpha value is -0.390. The van der Waals surface area contributed by atoms with Gasteiger partial charge in [0.25, 0.3) is 0 Å². The van der Waals surface area contributed by atoms with Gasteiger partial charge >= 0.3 is 6.18 Å². The zero-order valence-electron chi connectivity index (χ0n) is 7.19.